The smallest absolute Gasteiger partial charge is 0.323 e. The van der Waals surface area contributed by atoms with E-state index in [-0.39, 0.29) is 18.4 Å². The van der Waals surface area contributed by atoms with Crippen LogP contribution in [0.1, 0.15) is 44.4 Å². The summed E-state index contributed by atoms with van der Waals surface area (Å²) >= 11 is 1.66. The number of nitrogens with one attached hydrogen (secondary N) is 3. The number of hydrazine groups is 1. The first-order valence-corrected chi connectivity index (χ1v) is 10.1. The van der Waals surface area contributed by atoms with Crippen molar-refractivity contribution in [2.45, 2.75) is 51.6 Å². The van der Waals surface area contributed by atoms with Crippen LogP contribution in [-0.4, -0.2) is 41.5 Å². The van der Waals surface area contributed by atoms with Gasteiger partial charge in [-0.15, -0.1) is 11.3 Å². The van der Waals surface area contributed by atoms with Gasteiger partial charge in [-0.25, -0.2) is 4.79 Å². The van der Waals surface area contributed by atoms with Crippen LogP contribution in [0.4, 0.5) is 4.79 Å². The Kier molecular flexibility index (Phi) is 5.62. The van der Waals surface area contributed by atoms with E-state index in [1.165, 1.54) is 4.88 Å². The normalized spacial score (nSPS) is 26.8. The van der Waals surface area contributed by atoms with Crippen molar-refractivity contribution in [1.82, 2.24) is 15.8 Å². The lowest BCUT2D eigenvalue weighted by Crippen LogP contribution is -3.11. The van der Waals surface area contributed by atoms with Crippen molar-refractivity contribution in [3.05, 3.63) is 22.4 Å². The van der Waals surface area contributed by atoms with Crippen LogP contribution in [0.3, 0.4) is 0 Å². The van der Waals surface area contributed by atoms with Crippen LogP contribution in [0.5, 0.6) is 0 Å². The number of likely N-dealkylation sites (N-methyl/N-ethyl adjacent to an activating group) is 1. The van der Waals surface area contributed by atoms with Gasteiger partial charge in [0.15, 0.2) is 6.54 Å². The Morgan fingerprint density at radius 3 is 2.77 bits per heavy atom. The molecule has 1 aliphatic heterocycles. The third-order valence-corrected chi connectivity index (χ3v) is 6.32. The van der Waals surface area contributed by atoms with Crippen LogP contribution in [0.2, 0.25) is 0 Å². The molecular weight excluding hydrogens is 352 g/mol. The zero-order valence-corrected chi connectivity index (χ0v) is 16.2. The largest absolute Gasteiger partial charge is 0.344 e. The van der Waals surface area contributed by atoms with Crippen molar-refractivity contribution >= 4 is 29.2 Å². The summed E-state index contributed by atoms with van der Waals surface area (Å²) in [7, 11) is 0. The molecule has 142 valence electrons. The highest BCUT2D eigenvalue weighted by atomic mass is 32.1. The fourth-order valence-corrected chi connectivity index (χ4v) is 4.46. The molecule has 1 aromatic rings. The standard InChI is InChI=1S/C18H26N4O3S/c1-3-21(11-14-5-4-10-26-14)12-15(23)20-22-16(24)18(19-17(22)25)8-6-13(2)7-9-18/h4-5,10,13H,3,6-9,11-12H2,1-2H3,(H,19,25)(H,20,23)/p+1. The molecule has 1 saturated heterocycles. The second-order valence-electron chi connectivity index (χ2n) is 7.41. The number of carbonyl (C=O) groups excluding carboxylic acids is 3. The van der Waals surface area contributed by atoms with Crippen molar-refractivity contribution in [2.75, 3.05) is 13.1 Å². The van der Waals surface area contributed by atoms with E-state index in [0.29, 0.717) is 18.8 Å². The lowest BCUT2D eigenvalue weighted by atomic mass is 9.77. The minimum absolute atomic E-state index is 0.218. The van der Waals surface area contributed by atoms with Crippen molar-refractivity contribution in [2.24, 2.45) is 5.92 Å². The van der Waals surface area contributed by atoms with Gasteiger partial charge in [-0.1, -0.05) is 13.0 Å². The second-order valence-corrected chi connectivity index (χ2v) is 8.44. The fourth-order valence-electron chi connectivity index (χ4n) is 3.68. The van der Waals surface area contributed by atoms with Crippen LogP contribution < -0.4 is 15.6 Å². The van der Waals surface area contributed by atoms with E-state index in [1.807, 2.05) is 24.4 Å². The number of imide groups is 1. The Balaban J connectivity index is 1.58. The molecule has 4 amide bonds. The number of thiophene rings is 1. The molecule has 1 saturated carbocycles. The average molecular weight is 380 g/mol. The van der Waals surface area contributed by atoms with Crippen LogP contribution >= 0.6 is 11.3 Å². The Hall–Kier alpha value is -1.93. The molecule has 26 heavy (non-hydrogen) atoms. The molecule has 2 heterocycles. The van der Waals surface area contributed by atoms with Crippen LogP contribution in [-0.2, 0) is 16.1 Å². The highest BCUT2D eigenvalue weighted by Crippen LogP contribution is 2.35. The van der Waals surface area contributed by atoms with Gasteiger partial charge in [-0.2, -0.15) is 5.01 Å². The van der Waals surface area contributed by atoms with E-state index in [4.69, 9.17) is 0 Å². The first kappa shape index (κ1) is 18.8. The summed E-state index contributed by atoms with van der Waals surface area (Å²) in [4.78, 5) is 39.7. The number of nitrogens with zero attached hydrogens (tertiary/aromatic N) is 1. The quantitative estimate of drug-likeness (QED) is 0.636. The van der Waals surface area contributed by atoms with Crippen molar-refractivity contribution < 1.29 is 19.3 Å². The molecule has 7 nitrogen and oxygen atoms in total. The van der Waals surface area contributed by atoms with Gasteiger partial charge in [-0.3, -0.25) is 15.0 Å². The van der Waals surface area contributed by atoms with Crippen molar-refractivity contribution in [3.63, 3.8) is 0 Å². The van der Waals surface area contributed by atoms with E-state index in [0.717, 1.165) is 35.8 Å². The Labute approximate surface area is 157 Å². The summed E-state index contributed by atoms with van der Waals surface area (Å²) in [6, 6.07) is 3.52. The Bertz CT molecular complexity index is 668. The van der Waals surface area contributed by atoms with E-state index in [9.17, 15) is 14.4 Å². The van der Waals surface area contributed by atoms with Crippen LogP contribution in [0, 0.1) is 5.92 Å². The molecule has 0 bridgehead atoms. The number of hydrogen-bond donors (Lipinski definition) is 3. The van der Waals surface area contributed by atoms with E-state index in [2.05, 4.69) is 17.7 Å². The van der Waals surface area contributed by atoms with E-state index in [1.54, 1.807) is 11.3 Å². The van der Waals surface area contributed by atoms with Gasteiger partial charge in [-0.05, 0) is 50.0 Å². The molecule has 1 aliphatic carbocycles. The molecule has 3 N–H and O–H groups in total. The predicted molar refractivity (Wildman–Crippen MR) is 98.3 cm³/mol. The minimum Gasteiger partial charge on any atom is -0.323 e. The number of carbonyl (C=O) groups is 3. The first-order valence-electron chi connectivity index (χ1n) is 9.25. The summed E-state index contributed by atoms with van der Waals surface area (Å²) in [5.41, 5.74) is 1.69. The first-order chi connectivity index (χ1) is 12.4. The fraction of sp³-hybridized carbons (Fsp3) is 0.611. The predicted octanol–water partition coefficient (Wildman–Crippen LogP) is 0.685. The highest BCUT2D eigenvalue weighted by Gasteiger charge is 2.53. The maximum atomic E-state index is 12.8. The number of amides is 4. The average Bonchev–Trinajstić information content (AvgIpc) is 3.20. The Morgan fingerprint density at radius 2 is 2.15 bits per heavy atom. The molecule has 0 aromatic carbocycles. The van der Waals surface area contributed by atoms with Crippen molar-refractivity contribution in [3.8, 4) is 0 Å². The molecule has 1 aromatic heterocycles. The number of quaternary nitrogens is 1. The van der Waals surface area contributed by atoms with Crippen molar-refractivity contribution in [1.29, 1.82) is 0 Å². The third-order valence-electron chi connectivity index (χ3n) is 5.44. The van der Waals surface area contributed by atoms with Gasteiger partial charge < -0.3 is 10.2 Å². The maximum absolute atomic E-state index is 12.8. The molecular formula is C18H27N4O3S+. The third kappa shape index (κ3) is 3.91. The Morgan fingerprint density at radius 1 is 1.42 bits per heavy atom. The summed E-state index contributed by atoms with van der Waals surface area (Å²) in [5, 5.41) is 5.72. The van der Waals surface area contributed by atoms with Gasteiger partial charge in [0.25, 0.3) is 11.8 Å². The van der Waals surface area contributed by atoms with Gasteiger partial charge in [0.05, 0.1) is 11.4 Å². The molecule has 1 unspecified atom stereocenters. The lowest BCUT2D eigenvalue weighted by Gasteiger charge is -2.33. The molecule has 1 spiro atoms. The van der Waals surface area contributed by atoms with Gasteiger partial charge in [0, 0.05) is 0 Å². The topological polar surface area (TPSA) is 82.9 Å². The molecule has 0 radical (unpaired) electrons. The van der Waals surface area contributed by atoms with Crippen LogP contribution in [0.15, 0.2) is 17.5 Å². The molecule has 3 rings (SSSR count). The lowest BCUT2D eigenvalue weighted by molar-refractivity contribution is -0.903. The number of rotatable bonds is 6. The zero-order chi connectivity index (χ0) is 18.7. The second kappa shape index (κ2) is 7.75. The summed E-state index contributed by atoms with van der Waals surface area (Å²) in [6.45, 7) is 5.93. The zero-order valence-electron chi connectivity index (χ0n) is 15.3. The monoisotopic (exact) mass is 379 g/mol. The molecule has 2 fully saturated rings. The van der Waals surface area contributed by atoms with Gasteiger partial charge in [0.1, 0.15) is 12.1 Å². The number of hydrogen-bond acceptors (Lipinski definition) is 4. The van der Waals surface area contributed by atoms with Gasteiger partial charge >= 0.3 is 6.03 Å². The number of urea groups is 1. The molecule has 1 atom stereocenters. The summed E-state index contributed by atoms with van der Waals surface area (Å²) < 4.78 is 0. The van der Waals surface area contributed by atoms with Crippen LogP contribution in [0.25, 0.3) is 0 Å². The molecule has 2 aliphatic rings. The summed E-state index contributed by atoms with van der Waals surface area (Å²) in [5.74, 6) is -0.0740. The molecule has 8 heteroatoms. The maximum Gasteiger partial charge on any atom is 0.344 e. The highest BCUT2D eigenvalue weighted by molar-refractivity contribution is 7.09. The SMILES string of the molecule is CC[NH+](CC(=O)NN1C(=O)NC2(CCC(C)CC2)C1=O)Cc1cccs1. The summed E-state index contributed by atoms with van der Waals surface area (Å²) in [6.07, 6.45) is 3.08. The van der Waals surface area contributed by atoms with E-state index < -0.39 is 11.6 Å². The van der Waals surface area contributed by atoms with E-state index >= 15 is 0 Å². The minimum atomic E-state index is -0.828. The van der Waals surface area contributed by atoms with Gasteiger partial charge in [0.2, 0.25) is 0 Å².